The highest BCUT2D eigenvalue weighted by atomic mass is 16.5. The van der Waals surface area contributed by atoms with E-state index in [1.807, 2.05) is 0 Å². The zero-order valence-electron chi connectivity index (χ0n) is 10.5. The Morgan fingerprint density at radius 2 is 2.12 bits per heavy atom. The van der Waals surface area contributed by atoms with E-state index < -0.39 is 6.10 Å². The van der Waals surface area contributed by atoms with Gasteiger partial charge in [0.2, 0.25) is 0 Å². The van der Waals surface area contributed by atoms with Gasteiger partial charge in [-0.15, -0.1) is 0 Å². The Balaban J connectivity index is 2.00. The largest absolute Gasteiger partial charge is 0.468 e. The lowest BCUT2D eigenvalue weighted by Gasteiger charge is -2.23. The van der Waals surface area contributed by atoms with Gasteiger partial charge in [-0.25, -0.2) is 0 Å². The number of hydrogen-bond donors (Lipinski definition) is 2. The van der Waals surface area contributed by atoms with Gasteiger partial charge in [0.1, 0.15) is 0 Å². The second-order valence-corrected chi connectivity index (χ2v) is 4.45. The molecule has 1 saturated carbocycles. The van der Waals surface area contributed by atoms with Crippen molar-refractivity contribution >= 4 is 5.97 Å². The van der Waals surface area contributed by atoms with Crippen molar-refractivity contribution in [2.75, 3.05) is 26.8 Å². The summed E-state index contributed by atoms with van der Waals surface area (Å²) in [6, 6.07) is 0. The predicted molar refractivity (Wildman–Crippen MR) is 63.7 cm³/mol. The van der Waals surface area contributed by atoms with E-state index in [-0.39, 0.29) is 12.5 Å². The molecule has 17 heavy (non-hydrogen) atoms. The fraction of sp³-hybridized carbons (Fsp3) is 0.917. The maximum absolute atomic E-state index is 10.8. The van der Waals surface area contributed by atoms with Crippen molar-refractivity contribution in [3.8, 4) is 0 Å². The Morgan fingerprint density at radius 3 is 2.76 bits per heavy atom. The van der Waals surface area contributed by atoms with Crippen LogP contribution in [0.25, 0.3) is 0 Å². The Morgan fingerprint density at radius 1 is 1.41 bits per heavy atom. The normalized spacial score (nSPS) is 18.9. The molecule has 0 saturated heterocycles. The van der Waals surface area contributed by atoms with Gasteiger partial charge in [-0.2, -0.15) is 0 Å². The molecule has 0 heterocycles. The summed E-state index contributed by atoms with van der Waals surface area (Å²) in [7, 11) is 1.34. The lowest BCUT2D eigenvalue weighted by molar-refractivity contribution is -0.139. The fourth-order valence-corrected chi connectivity index (χ4v) is 1.95. The number of methoxy groups -OCH3 is 1. The number of ether oxygens (including phenoxy) is 2. The minimum absolute atomic E-state index is 0.122. The van der Waals surface area contributed by atoms with Crippen molar-refractivity contribution < 1.29 is 19.4 Å². The van der Waals surface area contributed by atoms with Gasteiger partial charge in [0, 0.05) is 6.54 Å². The first-order valence-corrected chi connectivity index (χ1v) is 6.29. The van der Waals surface area contributed by atoms with Gasteiger partial charge >= 0.3 is 5.97 Å². The predicted octanol–water partition coefficient (Wildman–Crippen LogP) is 0.459. The Labute approximate surface area is 102 Å². The van der Waals surface area contributed by atoms with Gasteiger partial charge in [-0.1, -0.05) is 19.3 Å². The summed E-state index contributed by atoms with van der Waals surface area (Å²) < 4.78 is 10.1. The number of rotatable bonds is 7. The van der Waals surface area contributed by atoms with E-state index in [4.69, 9.17) is 4.74 Å². The highest BCUT2D eigenvalue weighted by Crippen LogP contribution is 2.20. The number of hydrogen-bond acceptors (Lipinski definition) is 5. The van der Waals surface area contributed by atoms with Gasteiger partial charge in [0.15, 0.2) is 0 Å². The molecule has 0 aromatic carbocycles. The summed E-state index contributed by atoms with van der Waals surface area (Å²) in [5.41, 5.74) is 0. The number of esters is 1. The zero-order valence-corrected chi connectivity index (χ0v) is 10.5. The van der Waals surface area contributed by atoms with Gasteiger partial charge in [0.05, 0.1) is 32.5 Å². The number of carbonyl (C=O) groups excluding carboxylic acids is 1. The lowest BCUT2D eigenvalue weighted by atomic mass is 9.98. The molecule has 0 bridgehead atoms. The molecule has 0 spiro atoms. The average molecular weight is 245 g/mol. The summed E-state index contributed by atoms with van der Waals surface area (Å²) in [5, 5.41) is 12.4. The number of nitrogens with one attached hydrogen (secondary N) is 1. The molecule has 100 valence electrons. The van der Waals surface area contributed by atoms with E-state index in [1.54, 1.807) is 0 Å². The molecule has 0 aromatic heterocycles. The molecule has 2 N–H and O–H groups in total. The van der Waals surface area contributed by atoms with E-state index in [2.05, 4.69) is 10.1 Å². The molecule has 5 nitrogen and oxygen atoms in total. The van der Waals surface area contributed by atoms with Crippen molar-refractivity contribution in [3.05, 3.63) is 0 Å². The smallest absolute Gasteiger partial charge is 0.319 e. The molecule has 5 heteroatoms. The van der Waals surface area contributed by atoms with E-state index >= 15 is 0 Å². The van der Waals surface area contributed by atoms with Crippen LogP contribution in [0.1, 0.15) is 32.1 Å². The minimum atomic E-state index is -0.568. The van der Waals surface area contributed by atoms with Crippen LogP contribution in [0.2, 0.25) is 0 Å². The third-order valence-corrected chi connectivity index (χ3v) is 2.95. The minimum Gasteiger partial charge on any atom is -0.468 e. The second kappa shape index (κ2) is 8.44. The SMILES string of the molecule is COC(=O)CNCC(O)COC1CCCCC1. The first kappa shape index (κ1) is 14.4. The highest BCUT2D eigenvalue weighted by molar-refractivity contribution is 5.71. The molecule has 1 aliphatic carbocycles. The van der Waals surface area contributed by atoms with Crippen LogP contribution < -0.4 is 5.32 Å². The van der Waals surface area contributed by atoms with E-state index in [1.165, 1.54) is 26.4 Å². The molecule has 1 rings (SSSR count). The monoisotopic (exact) mass is 245 g/mol. The van der Waals surface area contributed by atoms with Gasteiger partial charge in [-0.05, 0) is 12.8 Å². The van der Waals surface area contributed by atoms with Crippen LogP contribution in [-0.2, 0) is 14.3 Å². The van der Waals surface area contributed by atoms with E-state index in [0.29, 0.717) is 19.3 Å². The third kappa shape index (κ3) is 6.61. The second-order valence-electron chi connectivity index (χ2n) is 4.45. The molecule has 1 unspecified atom stereocenters. The van der Waals surface area contributed by atoms with E-state index in [0.717, 1.165) is 12.8 Å². The summed E-state index contributed by atoms with van der Waals surface area (Å²) >= 11 is 0. The highest BCUT2D eigenvalue weighted by Gasteiger charge is 2.15. The van der Waals surface area contributed by atoms with Crippen molar-refractivity contribution in [1.82, 2.24) is 5.32 Å². The average Bonchev–Trinajstić information content (AvgIpc) is 2.37. The Bertz CT molecular complexity index is 217. The van der Waals surface area contributed by atoms with Crippen LogP contribution in [-0.4, -0.2) is 50.1 Å². The van der Waals surface area contributed by atoms with Crippen LogP contribution in [0.4, 0.5) is 0 Å². The summed E-state index contributed by atoms with van der Waals surface area (Å²) in [6.07, 6.45) is 5.68. The van der Waals surface area contributed by atoms with E-state index in [9.17, 15) is 9.90 Å². The van der Waals surface area contributed by atoms with Crippen molar-refractivity contribution in [2.45, 2.75) is 44.3 Å². The molecular weight excluding hydrogens is 222 g/mol. The number of aliphatic hydroxyl groups excluding tert-OH is 1. The van der Waals surface area contributed by atoms with Gasteiger partial charge < -0.3 is 19.9 Å². The molecule has 0 aromatic rings. The van der Waals surface area contributed by atoms with Crippen LogP contribution in [0, 0.1) is 0 Å². The first-order chi connectivity index (χ1) is 8.22. The molecule has 1 fully saturated rings. The maximum Gasteiger partial charge on any atom is 0.319 e. The lowest BCUT2D eigenvalue weighted by Crippen LogP contribution is -2.35. The van der Waals surface area contributed by atoms with Crippen molar-refractivity contribution in [3.63, 3.8) is 0 Å². The number of carbonyl (C=O) groups is 1. The summed E-state index contributed by atoms with van der Waals surface area (Å²) in [5.74, 6) is -0.328. The van der Waals surface area contributed by atoms with Crippen LogP contribution in [0.15, 0.2) is 0 Å². The number of aliphatic hydroxyl groups is 1. The third-order valence-electron chi connectivity index (χ3n) is 2.95. The summed E-state index contributed by atoms with van der Waals surface area (Å²) in [4.78, 5) is 10.8. The quantitative estimate of drug-likeness (QED) is 0.638. The summed E-state index contributed by atoms with van der Waals surface area (Å²) in [6.45, 7) is 0.803. The Kier molecular flexibility index (Phi) is 7.16. The topological polar surface area (TPSA) is 67.8 Å². The fourth-order valence-electron chi connectivity index (χ4n) is 1.95. The van der Waals surface area contributed by atoms with Crippen molar-refractivity contribution in [1.29, 1.82) is 0 Å². The van der Waals surface area contributed by atoms with Crippen LogP contribution >= 0.6 is 0 Å². The first-order valence-electron chi connectivity index (χ1n) is 6.29. The van der Waals surface area contributed by atoms with Gasteiger partial charge in [0.25, 0.3) is 0 Å². The molecular formula is C12H23NO4. The standard InChI is InChI=1S/C12H23NO4/c1-16-12(15)8-13-7-10(14)9-17-11-5-3-2-4-6-11/h10-11,13-14H,2-9H2,1H3. The van der Waals surface area contributed by atoms with Crippen LogP contribution in [0.5, 0.6) is 0 Å². The molecule has 1 atom stereocenters. The maximum atomic E-state index is 10.8. The molecule has 0 amide bonds. The molecule has 0 radical (unpaired) electrons. The molecule has 0 aliphatic heterocycles. The van der Waals surface area contributed by atoms with Gasteiger partial charge in [-0.3, -0.25) is 4.79 Å². The van der Waals surface area contributed by atoms with Crippen LogP contribution in [0.3, 0.4) is 0 Å². The Hall–Kier alpha value is -0.650. The zero-order chi connectivity index (χ0) is 12.5. The van der Waals surface area contributed by atoms with Crippen molar-refractivity contribution in [2.24, 2.45) is 0 Å². The molecule has 1 aliphatic rings.